The molecule has 0 radical (unpaired) electrons. The molecule has 4 aromatic carbocycles. The number of benzene rings is 4. The lowest BCUT2D eigenvalue weighted by Gasteiger charge is -2.27. The van der Waals surface area contributed by atoms with Crippen LogP contribution in [0.2, 0.25) is 0 Å². The van der Waals surface area contributed by atoms with Crippen LogP contribution in [0.15, 0.2) is 84.0 Å². The predicted molar refractivity (Wildman–Crippen MR) is 174 cm³/mol. The van der Waals surface area contributed by atoms with Crippen molar-refractivity contribution < 1.29 is 28.6 Å². The Hall–Kier alpha value is -5.58. The number of amides is 3. The second-order valence-electron chi connectivity index (χ2n) is 10.8. The number of ether oxygens (including phenoxy) is 3. The summed E-state index contributed by atoms with van der Waals surface area (Å²) >= 11 is 0. The number of esters is 1. The third-order valence-corrected chi connectivity index (χ3v) is 7.58. The van der Waals surface area contributed by atoms with E-state index in [1.54, 1.807) is 31.3 Å². The van der Waals surface area contributed by atoms with E-state index in [4.69, 9.17) is 14.2 Å². The molecule has 4 aromatic rings. The topological polar surface area (TPSA) is 139 Å². The van der Waals surface area contributed by atoms with E-state index in [0.29, 0.717) is 12.2 Å². The molecule has 0 aromatic heterocycles. The molecule has 1 aliphatic rings. The first kappa shape index (κ1) is 31.8. The second-order valence-corrected chi connectivity index (χ2v) is 10.8. The van der Waals surface area contributed by atoms with Crippen LogP contribution < -0.4 is 26.3 Å². The summed E-state index contributed by atoms with van der Waals surface area (Å²) in [6.07, 6.45) is 3.77. The fraction of sp³-hybridized carbons (Fsp3) is 0.257. The molecule has 0 aliphatic heterocycles. The van der Waals surface area contributed by atoms with Crippen LogP contribution in [0.5, 0.6) is 5.75 Å². The molecule has 4 N–H and O–H groups in total. The Morgan fingerprint density at radius 3 is 2.65 bits per heavy atom. The summed E-state index contributed by atoms with van der Waals surface area (Å²) in [6, 6.07) is 24.8. The van der Waals surface area contributed by atoms with Crippen molar-refractivity contribution >= 4 is 35.1 Å². The Morgan fingerprint density at radius 2 is 1.80 bits per heavy atom. The Balaban J connectivity index is 1.16. The summed E-state index contributed by atoms with van der Waals surface area (Å²) < 4.78 is 15.7. The van der Waals surface area contributed by atoms with E-state index < -0.39 is 12.1 Å². The number of carbonyl (C=O) groups is 3. The summed E-state index contributed by atoms with van der Waals surface area (Å²) in [4.78, 5) is 36.0. The molecular weight excluding hydrogens is 586 g/mol. The van der Waals surface area contributed by atoms with Gasteiger partial charge in [-0.05, 0) is 101 Å². The van der Waals surface area contributed by atoms with Crippen molar-refractivity contribution in [1.29, 1.82) is 0 Å². The highest BCUT2D eigenvalue weighted by molar-refractivity contribution is 5.91. The molecule has 0 bridgehead atoms. The Morgan fingerprint density at radius 1 is 0.957 bits per heavy atom. The number of nitrogens with one attached hydrogen (secondary N) is 4. The van der Waals surface area contributed by atoms with Crippen LogP contribution in [0.1, 0.15) is 64.0 Å². The van der Waals surface area contributed by atoms with Gasteiger partial charge >= 0.3 is 18.1 Å². The van der Waals surface area contributed by atoms with Crippen LogP contribution in [-0.4, -0.2) is 38.0 Å². The third kappa shape index (κ3) is 8.53. The smallest absolute Gasteiger partial charge is 0.427 e. The second kappa shape index (κ2) is 15.4. The first-order chi connectivity index (χ1) is 22.4. The van der Waals surface area contributed by atoms with E-state index in [-0.39, 0.29) is 25.2 Å². The van der Waals surface area contributed by atoms with Crippen LogP contribution >= 0.6 is 0 Å². The monoisotopic (exact) mass is 623 g/mol. The van der Waals surface area contributed by atoms with Crippen LogP contribution in [0.25, 0.3) is 10.8 Å². The number of aryl methyl sites for hydroxylation is 1. The highest BCUT2D eigenvalue weighted by atomic mass is 16.6. The molecular formula is C35H37N5O6. The van der Waals surface area contributed by atoms with Crippen molar-refractivity contribution in [2.24, 2.45) is 5.10 Å². The van der Waals surface area contributed by atoms with Crippen molar-refractivity contribution in [3.63, 3.8) is 0 Å². The van der Waals surface area contributed by atoms with Gasteiger partial charge in [0.25, 0.3) is 0 Å². The summed E-state index contributed by atoms with van der Waals surface area (Å²) in [7, 11) is 1.34. The molecule has 11 nitrogen and oxygen atoms in total. The van der Waals surface area contributed by atoms with E-state index >= 15 is 0 Å². The number of hydrazine groups is 1. The Labute approximate surface area is 267 Å². The molecule has 1 atom stereocenters. The van der Waals surface area contributed by atoms with E-state index in [9.17, 15) is 14.4 Å². The average molecular weight is 624 g/mol. The molecule has 0 saturated carbocycles. The average Bonchev–Trinajstić information content (AvgIpc) is 3.08. The lowest BCUT2D eigenvalue weighted by atomic mass is 9.87. The summed E-state index contributed by atoms with van der Waals surface area (Å²) in [5, 5.41) is 12.1. The number of fused-ring (bicyclic) bond motifs is 2. The number of hydrazone groups is 1. The van der Waals surface area contributed by atoms with Gasteiger partial charge in [-0.3, -0.25) is 0 Å². The van der Waals surface area contributed by atoms with Crippen molar-refractivity contribution in [2.75, 3.05) is 13.7 Å². The van der Waals surface area contributed by atoms with E-state index in [1.165, 1.54) is 12.7 Å². The SMILES string of the molecule is CCOC(=O)NNN=Cc1ccc2cc(COc3ccc4c(c3)C(NC(=O)NCc3cccc(C(=O)OC)c3)CCC4)ccc2c1. The van der Waals surface area contributed by atoms with Crippen LogP contribution in [0, 0.1) is 0 Å². The minimum Gasteiger partial charge on any atom is -0.489 e. The van der Waals surface area contributed by atoms with Crippen molar-refractivity contribution in [2.45, 2.75) is 45.4 Å². The van der Waals surface area contributed by atoms with Gasteiger partial charge in [0.15, 0.2) is 0 Å². The zero-order valence-corrected chi connectivity index (χ0v) is 25.8. The lowest BCUT2D eigenvalue weighted by Crippen LogP contribution is -2.38. The van der Waals surface area contributed by atoms with E-state index in [1.807, 2.05) is 48.5 Å². The number of urea groups is 1. The van der Waals surface area contributed by atoms with Crippen LogP contribution in [0.3, 0.4) is 0 Å². The molecule has 0 heterocycles. The quantitative estimate of drug-likeness (QED) is 0.0960. The van der Waals surface area contributed by atoms with Gasteiger partial charge in [0.1, 0.15) is 12.4 Å². The highest BCUT2D eigenvalue weighted by Crippen LogP contribution is 2.33. The number of hydrogen-bond acceptors (Lipinski definition) is 8. The van der Waals surface area contributed by atoms with Gasteiger partial charge in [-0.1, -0.05) is 42.5 Å². The third-order valence-electron chi connectivity index (χ3n) is 7.58. The maximum absolute atomic E-state index is 12.8. The molecule has 11 heteroatoms. The fourth-order valence-corrected chi connectivity index (χ4v) is 5.34. The zero-order chi connectivity index (χ0) is 32.3. The first-order valence-corrected chi connectivity index (χ1v) is 15.1. The molecule has 0 fully saturated rings. The molecule has 0 saturated heterocycles. The number of carbonyl (C=O) groups excluding carboxylic acids is 3. The standard InChI is InChI=1S/C35H37N5O6/c1-3-45-35(43)39-40-37-21-24-10-12-28-18-25(11-13-27(28)16-24)22-46-30-15-14-26-7-5-9-32(31(26)19-30)38-34(42)36-20-23-6-4-8-29(17-23)33(41)44-2/h4,6,8,10-19,21,32,40H,3,5,7,9,20,22H2,1-2H3,(H,39,43)(H2,36,38,42). The number of hydrogen-bond donors (Lipinski definition) is 4. The summed E-state index contributed by atoms with van der Waals surface area (Å²) in [5.41, 5.74) is 10.2. The molecule has 1 unspecified atom stereocenters. The van der Waals surface area contributed by atoms with Gasteiger partial charge < -0.3 is 24.8 Å². The highest BCUT2D eigenvalue weighted by Gasteiger charge is 2.22. The van der Waals surface area contributed by atoms with Crippen molar-refractivity contribution in [3.05, 3.63) is 112 Å². The fourth-order valence-electron chi connectivity index (χ4n) is 5.34. The van der Waals surface area contributed by atoms with E-state index in [0.717, 1.165) is 58.0 Å². The molecule has 238 valence electrons. The number of rotatable bonds is 11. The molecule has 0 spiro atoms. The van der Waals surface area contributed by atoms with E-state index in [2.05, 4.69) is 38.8 Å². The number of nitrogens with zero attached hydrogens (tertiary/aromatic N) is 1. The molecule has 5 rings (SSSR count). The molecule has 46 heavy (non-hydrogen) atoms. The summed E-state index contributed by atoms with van der Waals surface area (Å²) in [5.74, 6) is 0.323. The lowest BCUT2D eigenvalue weighted by molar-refractivity contribution is 0.0600. The molecule has 1 aliphatic carbocycles. The van der Waals surface area contributed by atoms with Gasteiger partial charge in [-0.25, -0.2) is 25.3 Å². The minimum atomic E-state index is -0.597. The van der Waals surface area contributed by atoms with Gasteiger partial charge in [-0.2, -0.15) is 5.10 Å². The number of methoxy groups -OCH3 is 1. The van der Waals surface area contributed by atoms with Crippen LogP contribution in [-0.2, 0) is 29.0 Å². The normalized spacial score (nSPS) is 13.8. The summed E-state index contributed by atoms with van der Waals surface area (Å²) in [6.45, 7) is 2.68. The van der Waals surface area contributed by atoms with Crippen LogP contribution in [0.4, 0.5) is 9.59 Å². The van der Waals surface area contributed by atoms with Gasteiger partial charge in [0.05, 0.1) is 31.5 Å². The van der Waals surface area contributed by atoms with Gasteiger partial charge in [0, 0.05) is 6.54 Å². The predicted octanol–water partition coefficient (Wildman–Crippen LogP) is 5.67. The van der Waals surface area contributed by atoms with Gasteiger partial charge in [-0.15, -0.1) is 0 Å². The van der Waals surface area contributed by atoms with Gasteiger partial charge in [0.2, 0.25) is 0 Å². The largest absolute Gasteiger partial charge is 0.489 e. The zero-order valence-electron chi connectivity index (χ0n) is 25.8. The van der Waals surface area contributed by atoms with Crippen molar-refractivity contribution in [3.8, 4) is 5.75 Å². The maximum Gasteiger partial charge on any atom is 0.427 e. The molecule has 3 amide bonds. The Bertz CT molecular complexity index is 1740. The Kier molecular flexibility index (Phi) is 10.7. The minimum absolute atomic E-state index is 0.136. The van der Waals surface area contributed by atoms with Crippen molar-refractivity contribution in [1.82, 2.24) is 21.6 Å². The first-order valence-electron chi connectivity index (χ1n) is 15.1. The maximum atomic E-state index is 12.8.